The summed E-state index contributed by atoms with van der Waals surface area (Å²) in [5.41, 5.74) is 3.22. The Morgan fingerprint density at radius 2 is 2.05 bits per heavy atom. The fourth-order valence-electron chi connectivity index (χ4n) is 2.55. The summed E-state index contributed by atoms with van der Waals surface area (Å²) in [5, 5.41) is 7.85. The molecule has 21 heavy (non-hydrogen) atoms. The van der Waals surface area contributed by atoms with Crippen molar-refractivity contribution in [2.75, 3.05) is 6.54 Å². The first-order valence-corrected chi connectivity index (χ1v) is 7.44. The van der Waals surface area contributed by atoms with Gasteiger partial charge in [0.1, 0.15) is 5.82 Å². The number of benzene rings is 1. The van der Waals surface area contributed by atoms with Crippen molar-refractivity contribution in [1.29, 1.82) is 0 Å². The minimum absolute atomic E-state index is 0.178. The number of rotatable bonds is 6. The summed E-state index contributed by atoms with van der Waals surface area (Å²) >= 11 is 0. The zero-order valence-electron chi connectivity index (χ0n) is 13.2. The van der Waals surface area contributed by atoms with Crippen molar-refractivity contribution in [3.8, 4) is 0 Å². The third-order valence-electron chi connectivity index (χ3n) is 3.65. The van der Waals surface area contributed by atoms with Crippen LogP contribution in [0.2, 0.25) is 0 Å². The summed E-state index contributed by atoms with van der Waals surface area (Å²) in [6, 6.07) is 9.41. The number of halogens is 1. The summed E-state index contributed by atoms with van der Waals surface area (Å²) in [7, 11) is 1.96. The molecule has 2 rings (SSSR count). The second kappa shape index (κ2) is 6.85. The van der Waals surface area contributed by atoms with Gasteiger partial charge in [-0.2, -0.15) is 5.10 Å². The van der Waals surface area contributed by atoms with Gasteiger partial charge >= 0.3 is 0 Å². The highest BCUT2D eigenvalue weighted by atomic mass is 19.1. The lowest BCUT2D eigenvalue weighted by atomic mass is 9.93. The third-order valence-corrected chi connectivity index (χ3v) is 3.65. The van der Waals surface area contributed by atoms with E-state index < -0.39 is 0 Å². The fourth-order valence-corrected chi connectivity index (χ4v) is 2.55. The highest BCUT2D eigenvalue weighted by Crippen LogP contribution is 2.21. The average Bonchev–Trinajstić information content (AvgIpc) is 2.72. The average molecular weight is 289 g/mol. The quantitative estimate of drug-likeness (QED) is 0.885. The van der Waals surface area contributed by atoms with Crippen molar-refractivity contribution in [3.05, 3.63) is 53.1 Å². The first-order chi connectivity index (χ1) is 9.95. The molecule has 0 saturated heterocycles. The van der Waals surface area contributed by atoms with Gasteiger partial charge in [-0.1, -0.05) is 26.0 Å². The number of hydrogen-bond acceptors (Lipinski definition) is 2. The number of aromatic nitrogens is 2. The van der Waals surface area contributed by atoms with E-state index in [9.17, 15) is 4.39 Å². The minimum atomic E-state index is -0.178. The van der Waals surface area contributed by atoms with Crippen LogP contribution < -0.4 is 5.32 Å². The van der Waals surface area contributed by atoms with Gasteiger partial charge < -0.3 is 5.32 Å². The second-order valence-electron chi connectivity index (χ2n) is 5.92. The van der Waals surface area contributed by atoms with Gasteiger partial charge in [0.05, 0.1) is 5.69 Å². The van der Waals surface area contributed by atoms with Crippen LogP contribution in [0.25, 0.3) is 0 Å². The van der Waals surface area contributed by atoms with Crippen LogP contribution in [0.1, 0.15) is 36.7 Å². The first kappa shape index (κ1) is 15.7. The predicted octanol–water partition coefficient (Wildman–Crippen LogP) is 3.19. The van der Waals surface area contributed by atoms with Gasteiger partial charge in [-0.15, -0.1) is 0 Å². The Bertz CT molecular complexity index is 589. The van der Waals surface area contributed by atoms with Gasteiger partial charge in [-0.25, -0.2) is 4.39 Å². The Morgan fingerprint density at radius 1 is 1.29 bits per heavy atom. The van der Waals surface area contributed by atoms with Gasteiger partial charge in [-0.3, -0.25) is 4.68 Å². The van der Waals surface area contributed by atoms with Gasteiger partial charge in [0.25, 0.3) is 0 Å². The van der Waals surface area contributed by atoms with E-state index >= 15 is 0 Å². The van der Waals surface area contributed by atoms with Crippen LogP contribution in [0.5, 0.6) is 0 Å². The molecule has 0 fully saturated rings. The van der Waals surface area contributed by atoms with E-state index in [1.807, 2.05) is 24.7 Å². The third kappa shape index (κ3) is 4.39. The van der Waals surface area contributed by atoms with E-state index in [2.05, 4.69) is 30.3 Å². The molecule has 0 amide bonds. The smallest absolute Gasteiger partial charge is 0.123 e. The monoisotopic (exact) mass is 289 g/mol. The topological polar surface area (TPSA) is 29.9 Å². The molecule has 0 aliphatic heterocycles. The molecule has 1 heterocycles. The molecule has 2 aromatic rings. The summed E-state index contributed by atoms with van der Waals surface area (Å²) in [4.78, 5) is 0. The van der Waals surface area contributed by atoms with Crippen LogP contribution in [0.15, 0.2) is 30.3 Å². The lowest BCUT2D eigenvalue weighted by Crippen LogP contribution is -2.29. The standard InChI is InChI=1S/C17H24FN3/c1-12(2)19-11-15(14-6-5-7-16(18)9-14)10-17-8-13(3)20-21(17)4/h5-9,12,15,19H,10-11H2,1-4H3. The van der Waals surface area contributed by atoms with Crippen molar-refractivity contribution >= 4 is 0 Å². The van der Waals surface area contributed by atoms with Crippen LogP contribution in [0, 0.1) is 12.7 Å². The molecule has 4 heteroatoms. The molecule has 3 nitrogen and oxygen atoms in total. The number of nitrogens with one attached hydrogen (secondary N) is 1. The molecule has 114 valence electrons. The number of hydrogen-bond donors (Lipinski definition) is 1. The zero-order valence-corrected chi connectivity index (χ0v) is 13.2. The maximum atomic E-state index is 13.5. The molecule has 0 bridgehead atoms. The maximum absolute atomic E-state index is 13.5. The lowest BCUT2D eigenvalue weighted by Gasteiger charge is -2.20. The van der Waals surface area contributed by atoms with Crippen molar-refractivity contribution in [1.82, 2.24) is 15.1 Å². The van der Waals surface area contributed by atoms with Crippen molar-refractivity contribution < 1.29 is 4.39 Å². The Hall–Kier alpha value is -1.68. The Kier molecular flexibility index (Phi) is 5.12. The first-order valence-electron chi connectivity index (χ1n) is 7.44. The van der Waals surface area contributed by atoms with Gasteiger partial charge in [-0.05, 0) is 37.1 Å². The van der Waals surface area contributed by atoms with Crippen LogP contribution in [0.4, 0.5) is 4.39 Å². The molecule has 0 radical (unpaired) electrons. The van der Waals surface area contributed by atoms with Gasteiger partial charge in [0, 0.05) is 31.2 Å². The van der Waals surface area contributed by atoms with Crippen LogP contribution in [-0.2, 0) is 13.5 Å². The van der Waals surface area contributed by atoms with E-state index in [1.54, 1.807) is 12.1 Å². The summed E-state index contributed by atoms with van der Waals surface area (Å²) in [5.74, 6) is 0.0566. The van der Waals surface area contributed by atoms with Crippen LogP contribution >= 0.6 is 0 Å². The van der Waals surface area contributed by atoms with Gasteiger partial charge in [0.15, 0.2) is 0 Å². The van der Waals surface area contributed by atoms with Crippen LogP contribution in [-0.4, -0.2) is 22.4 Å². The summed E-state index contributed by atoms with van der Waals surface area (Å²) in [6.07, 6.45) is 0.848. The maximum Gasteiger partial charge on any atom is 0.123 e. The van der Waals surface area contributed by atoms with Crippen molar-refractivity contribution in [2.24, 2.45) is 7.05 Å². The molecule has 0 spiro atoms. The highest BCUT2D eigenvalue weighted by molar-refractivity contribution is 5.24. The van der Waals surface area contributed by atoms with Gasteiger partial charge in [0.2, 0.25) is 0 Å². The fraction of sp³-hybridized carbons (Fsp3) is 0.471. The molecule has 1 N–H and O–H groups in total. The predicted molar refractivity (Wildman–Crippen MR) is 83.9 cm³/mol. The van der Waals surface area contributed by atoms with E-state index in [1.165, 1.54) is 11.8 Å². The van der Waals surface area contributed by atoms with E-state index in [4.69, 9.17) is 0 Å². The Balaban J connectivity index is 2.21. The lowest BCUT2D eigenvalue weighted by molar-refractivity contribution is 0.514. The summed E-state index contributed by atoms with van der Waals surface area (Å²) < 4.78 is 15.4. The molecular formula is C17H24FN3. The van der Waals surface area contributed by atoms with E-state index in [-0.39, 0.29) is 11.7 Å². The zero-order chi connectivity index (χ0) is 15.4. The van der Waals surface area contributed by atoms with Crippen molar-refractivity contribution in [2.45, 2.75) is 39.2 Å². The highest BCUT2D eigenvalue weighted by Gasteiger charge is 2.16. The van der Waals surface area contributed by atoms with E-state index in [0.717, 1.165) is 24.2 Å². The Labute approximate surface area is 126 Å². The molecule has 0 aliphatic carbocycles. The number of aryl methyl sites for hydroxylation is 2. The number of nitrogens with zero attached hydrogens (tertiary/aromatic N) is 2. The molecular weight excluding hydrogens is 265 g/mol. The molecule has 1 atom stereocenters. The summed E-state index contributed by atoms with van der Waals surface area (Å²) in [6.45, 7) is 7.06. The molecule has 1 aromatic carbocycles. The normalized spacial score (nSPS) is 12.9. The van der Waals surface area contributed by atoms with Crippen molar-refractivity contribution in [3.63, 3.8) is 0 Å². The molecule has 0 aliphatic rings. The minimum Gasteiger partial charge on any atom is -0.314 e. The Morgan fingerprint density at radius 3 is 2.62 bits per heavy atom. The molecule has 1 unspecified atom stereocenters. The largest absolute Gasteiger partial charge is 0.314 e. The molecule has 1 aromatic heterocycles. The van der Waals surface area contributed by atoms with Crippen LogP contribution in [0.3, 0.4) is 0 Å². The molecule has 0 saturated carbocycles. The SMILES string of the molecule is Cc1cc(CC(CNC(C)C)c2cccc(F)c2)n(C)n1. The van der Waals surface area contributed by atoms with E-state index in [0.29, 0.717) is 6.04 Å². The second-order valence-corrected chi connectivity index (χ2v) is 5.92.